The molecule has 3 nitrogen and oxygen atoms in total. The van der Waals surface area contributed by atoms with Crippen LogP contribution in [0.3, 0.4) is 0 Å². The highest BCUT2D eigenvalue weighted by Gasteiger charge is 2.25. The number of hydrogen-bond acceptors (Lipinski definition) is 3. The molecule has 1 unspecified atom stereocenters. The van der Waals surface area contributed by atoms with E-state index in [2.05, 4.69) is 144 Å². The summed E-state index contributed by atoms with van der Waals surface area (Å²) in [7, 11) is 0. The fraction of sp³-hybridized carbons (Fsp3) is 0.0488. The summed E-state index contributed by atoms with van der Waals surface area (Å²) in [6, 6.07) is 43.9. The normalized spacial score (nSPS) is 15.3. The van der Waals surface area contributed by atoms with E-state index in [-0.39, 0.29) is 5.92 Å². The second kappa shape index (κ2) is 9.52. The van der Waals surface area contributed by atoms with Gasteiger partial charge in [-0.25, -0.2) is 0 Å². The maximum absolute atomic E-state index is 6.90. The van der Waals surface area contributed by atoms with Crippen LogP contribution in [0.5, 0.6) is 0 Å². The molecule has 0 N–H and O–H groups in total. The van der Waals surface area contributed by atoms with Crippen molar-refractivity contribution in [3.8, 4) is 6.01 Å². The molecule has 1 aliphatic rings. The van der Waals surface area contributed by atoms with Crippen LogP contribution in [0, 0.1) is 0 Å². The molecule has 10 rings (SSSR count). The number of nitrogens with zero attached hydrogens (tertiary/aromatic N) is 2. The SMILES string of the molecule is C1=CC(c2cc3sc4ccccc4c3c3oc(-n4c5ccccc5c5ccccc54)nc23)CC=C1c1cccc2ccccc12. The van der Waals surface area contributed by atoms with Crippen LogP contribution >= 0.6 is 11.3 Å². The molecule has 1 atom stereocenters. The van der Waals surface area contributed by atoms with Gasteiger partial charge in [0.2, 0.25) is 0 Å². The molecule has 6 aromatic carbocycles. The summed E-state index contributed by atoms with van der Waals surface area (Å²) in [6.07, 6.45) is 7.95. The molecule has 0 bridgehead atoms. The summed E-state index contributed by atoms with van der Waals surface area (Å²) in [4.78, 5) is 5.33. The predicted octanol–water partition coefficient (Wildman–Crippen LogP) is 11.6. The lowest BCUT2D eigenvalue weighted by Gasteiger charge is -2.18. The van der Waals surface area contributed by atoms with E-state index in [9.17, 15) is 0 Å². The summed E-state index contributed by atoms with van der Waals surface area (Å²) in [5, 5.41) is 7.32. The smallest absolute Gasteiger partial charge is 0.307 e. The Hall–Kier alpha value is -5.45. The lowest BCUT2D eigenvalue weighted by molar-refractivity contribution is 0.577. The molecule has 3 aromatic heterocycles. The van der Waals surface area contributed by atoms with Crippen molar-refractivity contribution in [3.05, 3.63) is 151 Å². The molecule has 0 saturated carbocycles. The second-order valence-electron chi connectivity index (χ2n) is 11.9. The quantitative estimate of drug-likeness (QED) is 0.204. The van der Waals surface area contributed by atoms with Gasteiger partial charge in [0.15, 0.2) is 5.58 Å². The van der Waals surface area contributed by atoms with E-state index in [1.165, 1.54) is 53.0 Å². The van der Waals surface area contributed by atoms with Crippen LogP contribution in [0.1, 0.15) is 23.5 Å². The first kappa shape index (κ1) is 24.9. The lowest BCUT2D eigenvalue weighted by Crippen LogP contribution is -2.00. The zero-order valence-corrected chi connectivity index (χ0v) is 25.1. The number of fused-ring (bicyclic) bond motifs is 9. The second-order valence-corrected chi connectivity index (χ2v) is 13.0. The van der Waals surface area contributed by atoms with Crippen LogP contribution in [0.15, 0.2) is 144 Å². The van der Waals surface area contributed by atoms with E-state index in [1.54, 1.807) is 0 Å². The first-order valence-corrected chi connectivity index (χ1v) is 16.2. The minimum Gasteiger partial charge on any atom is -0.422 e. The van der Waals surface area contributed by atoms with Gasteiger partial charge in [-0.3, -0.25) is 4.57 Å². The molecule has 0 saturated heterocycles. The molecule has 9 aromatic rings. The van der Waals surface area contributed by atoms with Gasteiger partial charge in [0, 0.05) is 36.9 Å². The van der Waals surface area contributed by atoms with E-state index in [4.69, 9.17) is 9.40 Å². The van der Waals surface area contributed by atoms with Crippen LogP contribution in [-0.2, 0) is 0 Å². The van der Waals surface area contributed by atoms with Gasteiger partial charge < -0.3 is 4.42 Å². The number of rotatable bonds is 3. The third-order valence-corrected chi connectivity index (χ3v) is 10.5. The summed E-state index contributed by atoms with van der Waals surface area (Å²) < 4.78 is 11.6. The Kier molecular flexibility index (Phi) is 5.28. The topological polar surface area (TPSA) is 31.0 Å². The molecule has 4 heteroatoms. The Bertz CT molecular complexity index is 2640. The average molecular weight is 595 g/mol. The number of aromatic nitrogens is 2. The fourth-order valence-corrected chi connectivity index (χ4v) is 8.47. The molecule has 0 spiro atoms. The van der Waals surface area contributed by atoms with Gasteiger partial charge in [0.1, 0.15) is 5.52 Å². The zero-order valence-electron chi connectivity index (χ0n) is 24.3. The molecule has 45 heavy (non-hydrogen) atoms. The molecular weight excluding hydrogens is 569 g/mol. The van der Waals surface area contributed by atoms with E-state index in [1.807, 2.05) is 11.3 Å². The maximum Gasteiger partial charge on any atom is 0.307 e. The number of allylic oxidation sites excluding steroid dienone is 4. The average Bonchev–Trinajstić information content (AvgIpc) is 3.79. The minimum absolute atomic E-state index is 0.192. The molecule has 0 radical (unpaired) electrons. The molecule has 0 aliphatic heterocycles. The summed E-state index contributed by atoms with van der Waals surface area (Å²) in [5.41, 5.74) is 7.77. The number of benzene rings is 6. The van der Waals surface area contributed by atoms with Crippen molar-refractivity contribution in [2.24, 2.45) is 0 Å². The summed E-state index contributed by atoms with van der Waals surface area (Å²) >= 11 is 1.83. The number of para-hydroxylation sites is 2. The molecular formula is C41H26N2OS. The Morgan fingerprint density at radius 2 is 1.38 bits per heavy atom. The van der Waals surface area contributed by atoms with Crippen LogP contribution < -0.4 is 0 Å². The molecule has 1 aliphatic carbocycles. The number of thiophene rings is 1. The Morgan fingerprint density at radius 3 is 2.16 bits per heavy atom. The van der Waals surface area contributed by atoms with Gasteiger partial charge in [0.25, 0.3) is 0 Å². The van der Waals surface area contributed by atoms with Crippen LogP contribution in [0.25, 0.3) is 75.4 Å². The van der Waals surface area contributed by atoms with Crippen molar-refractivity contribution in [2.75, 3.05) is 0 Å². The summed E-state index contributed by atoms with van der Waals surface area (Å²) in [5.74, 6) is 0.192. The monoisotopic (exact) mass is 594 g/mol. The van der Waals surface area contributed by atoms with Gasteiger partial charge in [-0.05, 0) is 58.2 Å². The largest absolute Gasteiger partial charge is 0.422 e. The Balaban J connectivity index is 1.19. The lowest BCUT2D eigenvalue weighted by atomic mass is 9.86. The van der Waals surface area contributed by atoms with Gasteiger partial charge in [0.05, 0.1) is 11.0 Å². The van der Waals surface area contributed by atoms with Crippen molar-refractivity contribution in [1.82, 2.24) is 9.55 Å². The van der Waals surface area contributed by atoms with Gasteiger partial charge in [-0.2, -0.15) is 4.98 Å². The molecule has 212 valence electrons. The Labute approximate surface area is 263 Å². The number of hydrogen-bond donors (Lipinski definition) is 0. The van der Waals surface area contributed by atoms with E-state index in [0.29, 0.717) is 6.01 Å². The fourth-order valence-electron chi connectivity index (χ4n) is 7.32. The molecule has 3 heterocycles. The van der Waals surface area contributed by atoms with Crippen molar-refractivity contribution in [3.63, 3.8) is 0 Å². The number of oxazole rings is 1. The predicted molar refractivity (Wildman–Crippen MR) is 190 cm³/mol. The van der Waals surface area contributed by atoms with E-state index >= 15 is 0 Å². The van der Waals surface area contributed by atoms with Crippen molar-refractivity contribution in [1.29, 1.82) is 0 Å². The van der Waals surface area contributed by atoms with Gasteiger partial charge >= 0.3 is 6.01 Å². The highest BCUT2D eigenvalue weighted by molar-refractivity contribution is 7.26. The van der Waals surface area contributed by atoms with E-state index in [0.717, 1.165) is 33.9 Å². The van der Waals surface area contributed by atoms with Crippen LogP contribution in [0.4, 0.5) is 0 Å². The van der Waals surface area contributed by atoms with Crippen LogP contribution in [0.2, 0.25) is 0 Å². The van der Waals surface area contributed by atoms with Crippen molar-refractivity contribution >= 4 is 80.8 Å². The third kappa shape index (κ3) is 3.66. The van der Waals surface area contributed by atoms with Crippen molar-refractivity contribution in [2.45, 2.75) is 12.3 Å². The standard InChI is InChI=1S/C41H26N2OS/c1-2-12-28-25(10-1)11-9-16-29(28)26-20-22-27(23-21-26)33-24-37-38(32-15-5-8-19-36(32)45-37)40-39(33)42-41(44-40)43-34-17-6-3-13-30(34)31-14-4-7-18-35(31)43/h1-22,24,27H,23H2. The third-order valence-electron chi connectivity index (χ3n) is 9.40. The van der Waals surface area contributed by atoms with Gasteiger partial charge in [-0.1, -0.05) is 115 Å². The Morgan fingerprint density at radius 1 is 0.689 bits per heavy atom. The molecule has 0 amide bonds. The first-order chi connectivity index (χ1) is 22.3. The van der Waals surface area contributed by atoms with E-state index < -0.39 is 0 Å². The summed E-state index contributed by atoms with van der Waals surface area (Å²) in [6.45, 7) is 0. The molecule has 0 fully saturated rings. The van der Waals surface area contributed by atoms with Gasteiger partial charge in [-0.15, -0.1) is 11.3 Å². The zero-order chi connectivity index (χ0) is 29.5. The first-order valence-electron chi connectivity index (χ1n) is 15.4. The highest BCUT2D eigenvalue weighted by Crippen LogP contribution is 2.45. The maximum atomic E-state index is 6.90. The highest BCUT2D eigenvalue weighted by atomic mass is 32.1. The minimum atomic E-state index is 0.192. The van der Waals surface area contributed by atoms with Crippen LogP contribution in [-0.4, -0.2) is 9.55 Å². The van der Waals surface area contributed by atoms with Crippen molar-refractivity contribution < 1.29 is 4.42 Å².